The van der Waals surface area contributed by atoms with Crippen LogP contribution in [-0.4, -0.2) is 26.0 Å². The van der Waals surface area contributed by atoms with Crippen molar-refractivity contribution in [3.63, 3.8) is 0 Å². The molecule has 1 unspecified atom stereocenters. The van der Waals surface area contributed by atoms with Gasteiger partial charge in [-0.1, -0.05) is 48.0 Å². The zero-order valence-electron chi connectivity index (χ0n) is 13.1. The van der Waals surface area contributed by atoms with Gasteiger partial charge in [0, 0.05) is 6.54 Å². The molecule has 0 aromatic heterocycles. The van der Waals surface area contributed by atoms with E-state index in [-0.39, 0.29) is 18.3 Å². The van der Waals surface area contributed by atoms with E-state index < -0.39 is 0 Å². The first-order valence-electron chi connectivity index (χ1n) is 7.61. The first-order chi connectivity index (χ1) is 11.1. The summed E-state index contributed by atoms with van der Waals surface area (Å²) in [6, 6.07) is 14.6. The monoisotopic (exact) mass is 335 g/mol. The third kappa shape index (κ3) is 5.66. The summed E-state index contributed by atoms with van der Waals surface area (Å²) in [6.07, 6.45) is 0.796. The van der Waals surface area contributed by atoms with Gasteiger partial charge in [0.25, 0.3) is 5.91 Å². The molecular weight excluding hydrogens is 315 g/mol. The fourth-order valence-electron chi connectivity index (χ4n) is 2.39. The summed E-state index contributed by atoms with van der Waals surface area (Å²) in [6.45, 7) is 1.24. The highest BCUT2D eigenvalue weighted by atomic mass is 35.5. The van der Waals surface area contributed by atoms with Crippen LogP contribution in [0.2, 0.25) is 5.02 Å². The molecule has 1 amide bonds. The second-order valence-corrected chi connectivity index (χ2v) is 6.00. The number of rotatable bonds is 7. The van der Waals surface area contributed by atoms with Crippen molar-refractivity contribution in [1.29, 1.82) is 0 Å². The number of quaternary nitrogens is 1. The van der Waals surface area contributed by atoms with Crippen LogP contribution in [0.3, 0.4) is 0 Å². The normalized spacial score (nSPS) is 12.0. The van der Waals surface area contributed by atoms with Crippen LogP contribution in [-0.2, 0) is 17.8 Å². The molecule has 2 aromatic carbocycles. The summed E-state index contributed by atoms with van der Waals surface area (Å²) < 4.78 is 13.7. The molecule has 3 nitrogen and oxygen atoms in total. The van der Waals surface area contributed by atoms with Gasteiger partial charge in [-0.25, -0.2) is 4.39 Å². The molecule has 0 fully saturated rings. The Hall–Kier alpha value is -1.91. The molecule has 23 heavy (non-hydrogen) atoms. The van der Waals surface area contributed by atoms with E-state index >= 15 is 0 Å². The molecule has 1 atom stereocenters. The molecule has 0 radical (unpaired) electrons. The molecule has 2 N–H and O–H groups in total. The van der Waals surface area contributed by atoms with Crippen molar-refractivity contribution >= 4 is 17.5 Å². The van der Waals surface area contributed by atoms with Gasteiger partial charge in [-0.15, -0.1) is 0 Å². The Bertz CT molecular complexity index is 628. The Morgan fingerprint density at radius 1 is 1.17 bits per heavy atom. The highest BCUT2D eigenvalue weighted by molar-refractivity contribution is 6.31. The smallest absolute Gasteiger partial charge is 0.275 e. The number of nitrogens with one attached hydrogen (secondary N) is 2. The summed E-state index contributed by atoms with van der Waals surface area (Å²) in [7, 11) is 1.85. The van der Waals surface area contributed by atoms with E-state index in [1.807, 2.05) is 37.4 Å². The first kappa shape index (κ1) is 17.4. The topological polar surface area (TPSA) is 33.5 Å². The molecule has 0 saturated carbocycles. The number of amides is 1. The Labute approximate surface area is 141 Å². The first-order valence-corrected chi connectivity index (χ1v) is 7.99. The zero-order chi connectivity index (χ0) is 16.7. The Morgan fingerprint density at radius 2 is 1.91 bits per heavy atom. The molecule has 0 aliphatic carbocycles. The van der Waals surface area contributed by atoms with Crippen molar-refractivity contribution in [2.75, 3.05) is 20.1 Å². The SMILES string of the molecule is C[NH+](CC(=O)NCCc1ccccc1)Cc1c(F)cccc1Cl. The summed E-state index contributed by atoms with van der Waals surface area (Å²) >= 11 is 6.01. The van der Waals surface area contributed by atoms with Gasteiger partial charge in [0.1, 0.15) is 12.4 Å². The average Bonchev–Trinajstić information content (AvgIpc) is 2.52. The van der Waals surface area contributed by atoms with E-state index in [1.165, 1.54) is 11.6 Å². The molecule has 0 aliphatic rings. The van der Waals surface area contributed by atoms with Crippen LogP contribution in [0.25, 0.3) is 0 Å². The van der Waals surface area contributed by atoms with Crippen molar-refractivity contribution in [2.45, 2.75) is 13.0 Å². The van der Waals surface area contributed by atoms with Crippen LogP contribution in [0.15, 0.2) is 48.5 Å². The van der Waals surface area contributed by atoms with Crippen molar-refractivity contribution in [3.05, 3.63) is 70.5 Å². The fraction of sp³-hybridized carbons (Fsp3) is 0.278. The molecule has 0 saturated heterocycles. The molecule has 122 valence electrons. The number of carbonyl (C=O) groups is 1. The van der Waals surface area contributed by atoms with Gasteiger partial charge in [0.05, 0.1) is 17.6 Å². The van der Waals surface area contributed by atoms with E-state index in [9.17, 15) is 9.18 Å². The van der Waals surface area contributed by atoms with Gasteiger partial charge in [-0.05, 0) is 24.1 Å². The van der Waals surface area contributed by atoms with Gasteiger partial charge in [-0.3, -0.25) is 4.79 Å². The van der Waals surface area contributed by atoms with Gasteiger partial charge < -0.3 is 10.2 Å². The minimum Gasteiger partial charge on any atom is -0.351 e. The van der Waals surface area contributed by atoms with Gasteiger partial charge in [0.2, 0.25) is 0 Å². The Morgan fingerprint density at radius 3 is 2.61 bits per heavy atom. The number of likely N-dealkylation sites (N-methyl/N-ethyl adjacent to an activating group) is 1. The largest absolute Gasteiger partial charge is 0.351 e. The Balaban J connectivity index is 1.76. The third-order valence-electron chi connectivity index (χ3n) is 3.58. The maximum absolute atomic E-state index is 13.7. The average molecular weight is 336 g/mol. The molecule has 0 aliphatic heterocycles. The van der Waals surface area contributed by atoms with Crippen LogP contribution in [0.4, 0.5) is 4.39 Å². The van der Waals surface area contributed by atoms with Crippen molar-refractivity contribution < 1.29 is 14.1 Å². The summed E-state index contributed by atoms with van der Waals surface area (Å²) in [5.74, 6) is -0.382. The number of hydrogen-bond acceptors (Lipinski definition) is 1. The number of benzene rings is 2. The molecule has 0 bridgehead atoms. The minimum atomic E-state index is -0.332. The lowest BCUT2D eigenvalue weighted by atomic mass is 10.1. The fourth-order valence-corrected chi connectivity index (χ4v) is 2.62. The summed E-state index contributed by atoms with van der Waals surface area (Å²) in [4.78, 5) is 12.8. The molecular formula is C18H21ClFN2O+. The van der Waals surface area contributed by atoms with E-state index in [0.717, 1.165) is 11.3 Å². The van der Waals surface area contributed by atoms with E-state index in [4.69, 9.17) is 11.6 Å². The molecule has 0 heterocycles. The minimum absolute atomic E-state index is 0.0501. The summed E-state index contributed by atoms with van der Waals surface area (Å²) in [5.41, 5.74) is 1.63. The predicted octanol–water partition coefficient (Wildman–Crippen LogP) is 1.85. The van der Waals surface area contributed by atoms with Crippen LogP contribution in [0, 0.1) is 5.82 Å². The maximum Gasteiger partial charge on any atom is 0.275 e. The standard InChI is InChI=1S/C18H20ClFN2O/c1-22(12-15-16(19)8-5-9-17(15)20)13-18(23)21-11-10-14-6-3-2-4-7-14/h2-9H,10-13H2,1H3,(H,21,23)/p+1. The van der Waals surface area contributed by atoms with Crippen molar-refractivity contribution in [1.82, 2.24) is 5.32 Å². The lowest BCUT2D eigenvalue weighted by molar-refractivity contribution is -0.885. The van der Waals surface area contributed by atoms with Crippen molar-refractivity contribution in [3.8, 4) is 0 Å². The molecule has 5 heteroatoms. The number of halogens is 2. The lowest BCUT2D eigenvalue weighted by Gasteiger charge is -2.15. The Kier molecular flexibility index (Phi) is 6.56. The van der Waals surface area contributed by atoms with Gasteiger partial charge in [-0.2, -0.15) is 0 Å². The van der Waals surface area contributed by atoms with Crippen molar-refractivity contribution in [2.24, 2.45) is 0 Å². The second kappa shape index (κ2) is 8.65. The van der Waals surface area contributed by atoms with Crippen LogP contribution in [0.5, 0.6) is 0 Å². The highest BCUT2D eigenvalue weighted by Gasteiger charge is 2.15. The van der Waals surface area contributed by atoms with Gasteiger partial charge >= 0.3 is 0 Å². The van der Waals surface area contributed by atoms with Gasteiger partial charge in [0.15, 0.2) is 6.54 Å². The van der Waals surface area contributed by atoms with Crippen LogP contribution < -0.4 is 10.2 Å². The molecule has 2 rings (SSSR count). The zero-order valence-corrected chi connectivity index (χ0v) is 13.9. The summed E-state index contributed by atoms with van der Waals surface area (Å²) in [5, 5.41) is 3.29. The van der Waals surface area contributed by atoms with E-state index in [0.29, 0.717) is 23.7 Å². The lowest BCUT2D eigenvalue weighted by Crippen LogP contribution is -3.09. The molecule has 0 spiro atoms. The quantitative estimate of drug-likeness (QED) is 0.795. The number of carbonyl (C=O) groups excluding carboxylic acids is 1. The maximum atomic E-state index is 13.7. The predicted molar refractivity (Wildman–Crippen MR) is 90.0 cm³/mol. The van der Waals surface area contributed by atoms with E-state index in [1.54, 1.807) is 12.1 Å². The number of hydrogen-bond donors (Lipinski definition) is 2. The molecule has 2 aromatic rings. The van der Waals surface area contributed by atoms with Crippen LogP contribution in [0.1, 0.15) is 11.1 Å². The van der Waals surface area contributed by atoms with Crippen LogP contribution >= 0.6 is 11.6 Å². The third-order valence-corrected chi connectivity index (χ3v) is 3.94. The highest BCUT2D eigenvalue weighted by Crippen LogP contribution is 2.17. The second-order valence-electron chi connectivity index (χ2n) is 5.60. The van der Waals surface area contributed by atoms with E-state index in [2.05, 4.69) is 5.32 Å².